The molecule has 1 saturated heterocycles. The van der Waals surface area contributed by atoms with E-state index in [0.717, 1.165) is 0 Å². The summed E-state index contributed by atoms with van der Waals surface area (Å²) in [5.41, 5.74) is -1.72. The lowest BCUT2D eigenvalue weighted by Gasteiger charge is -2.38. The standard InChI is InChI=1S/C24H27F2N5O6/c25-24(26,11-16-5-2-1-3-6-16)12-17(19(32)29-22(14-27)8-9-22)28-20(33)31-10-4-7-23(15-31)13-18(30-37-23)36-21(34)35/h1-3,5-6,17H,4,7-13,15H2,(H,28,33)(H,29,32)(H,34,35)/t17-,23?/m0/s1. The molecular weight excluding hydrogens is 492 g/mol. The second-order valence-corrected chi connectivity index (χ2v) is 9.74. The van der Waals surface area contributed by atoms with E-state index in [9.17, 15) is 19.6 Å². The fourth-order valence-electron chi connectivity index (χ4n) is 4.56. The predicted molar refractivity (Wildman–Crippen MR) is 124 cm³/mol. The van der Waals surface area contributed by atoms with Crippen LogP contribution in [0.5, 0.6) is 0 Å². The molecule has 1 saturated carbocycles. The fraction of sp³-hybridized carbons (Fsp3) is 0.542. The van der Waals surface area contributed by atoms with Crippen LogP contribution in [0.25, 0.3) is 0 Å². The summed E-state index contributed by atoms with van der Waals surface area (Å²) in [6, 6.07) is 7.71. The van der Waals surface area contributed by atoms with Crippen molar-refractivity contribution >= 4 is 24.0 Å². The SMILES string of the molecule is N#CC1(NC(=O)[C@H](CC(F)(F)Cc2ccccc2)NC(=O)N2CCCC3(CC(OC(=O)O)=NO3)C2)CC1. The minimum Gasteiger partial charge on any atom is -0.449 e. The highest BCUT2D eigenvalue weighted by Crippen LogP contribution is 2.36. The number of carbonyl (C=O) groups excluding carboxylic acids is 2. The van der Waals surface area contributed by atoms with E-state index in [1.165, 1.54) is 4.90 Å². The number of oxime groups is 1. The van der Waals surface area contributed by atoms with Gasteiger partial charge in [0.1, 0.15) is 11.6 Å². The Morgan fingerprint density at radius 2 is 2.00 bits per heavy atom. The van der Waals surface area contributed by atoms with Crippen molar-refractivity contribution in [2.45, 2.75) is 68.1 Å². The van der Waals surface area contributed by atoms with Gasteiger partial charge >= 0.3 is 12.2 Å². The molecule has 0 radical (unpaired) electrons. The Morgan fingerprint density at radius 3 is 2.65 bits per heavy atom. The Hall–Kier alpha value is -3.95. The second kappa shape index (κ2) is 10.2. The average Bonchev–Trinajstić information content (AvgIpc) is 3.52. The van der Waals surface area contributed by atoms with Crippen LogP contribution in [-0.2, 0) is 20.8 Å². The van der Waals surface area contributed by atoms with E-state index >= 15 is 8.78 Å². The number of hydrogen-bond acceptors (Lipinski definition) is 7. The monoisotopic (exact) mass is 519 g/mol. The molecule has 1 aromatic carbocycles. The fourth-order valence-corrected chi connectivity index (χ4v) is 4.56. The molecule has 13 heteroatoms. The third-order valence-electron chi connectivity index (χ3n) is 6.60. The molecule has 1 spiro atoms. The van der Waals surface area contributed by atoms with Crippen LogP contribution < -0.4 is 10.6 Å². The zero-order chi connectivity index (χ0) is 26.7. The molecule has 3 amide bonds. The van der Waals surface area contributed by atoms with E-state index in [0.29, 0.717) is 31.2 Å². The van der Waals surface area contributed by atoms with Gasteiger partial charge in [-0.2, -0.15) is 5.26 Å². The van der Waals surface area contributed by atoms with Gasteiger partial charge in [-0.25, -0.2) is 18.4 Å². The van der Waals surface area contributed by atoms with E-state index < -0.39 is 54.0 Å². The van der Waals surface area contributed by atoms with Crippen LogP contribution in [-0.4, -0.2) is 70.2 Å². The maximum Gasteiger partial charge on any atom is 0.512 e. The summed E-state index contributed by atoms with van der Waals surface area (Å²) in [5, 5.41) is 26.7. The molecule has 0 aromatic heterocycles. The number of halogens is 2. The average molecular weight is 520 g/mol. The number of piperidine rings is 1. The molecule has 3 N–H and O–H groups in total. The number of alkyl halides is 2. The first-order valence-corrected chi connectivity index (χ1v) is 11.9. The normalized spacial score (nSPS) is 22.7. The summed E-state index contributed by atoms with van der Waals surface area (Å²) in [6.07, 6.45) is -1.35. The highest BCUT2D eigenvalue weighted by atomic mass is 19.3. The van der Waals surface area contributed by atoms with Gasteiger partial charge in [0, 0.05) is 19.4 Å². The molecule has 2 heterocycles. The van der Waals surface area contributed by atoms with Gasteiger partial charge < -0.3 is 30.2 Å². The maximum atomic E-state index is 15.0. The van der Waals surface area contributed by atoms with Crippen molar-refractivity contribution in [2.24, 2.45) is 5.16 Å². The van der Waals surface area contributed by atoms with Gasteiger partial charge in [0.05, 0.1) is 19.0 Å². The van der Waals surface area contributed by atoms with Crippen molar-refractivity contribution in [3.05, 3.63) is 35.9 Å². The smallest absolute Gasteiger partial charge is 0.449 e. The van der Waals surface area contributed by atoms with E-state index in [4.69, 9.17) is 9.94 Å². The van der Waals surface area contributed by atoms with Crippen molar-refractivity contribution in [3.63, 3.8) is 0 Å². The molecule has 3 aliphatic rings. The van der Waals surface area contributed by atoms with Gasteiger partial charge in [-0.3, -0.25) is 4.79 Å². The first kappa shape index (κ1) is 26.1. The van der Waals surface area contributed by atoms with Crippen LogP contribution in [0.1, 0.15) is 44.1 Å². The Balaban J connectivity index is 1.44. The molecule has 198 valence electrons. The largest absolute Gasteiger partial charge is 0.512 e. The number of amides is 3. The number of carbonyl (C=O) groups is 3. The number of likely N-dealkylation sites (tertiary alicyclic amines) is 1. The van der Waals surface area contributed by atoms with E-state index in [2.05, 4.69) is 20.5 Å². The van der Waals surface area contributed by atoms with E-state index in [1.807, 2.05) is 6.07 Å². The Bertz CT molecular complexity index is 1120. The molecule has 0 bridgehead atoms. The van der Waals surface area contributed by atoms with Gasteiger partial charge in [0.25, 0.3) is 5.92 Å². The molecule has 2 atom stereocenters. The molecule has 1 aromatic rings. The summed E-state index contributed by atoms with van der Waals surface area (Å²) in [7, 11) is 0. The third-order valence-corrected chi connectivity index (χ3v) is 6.60. The first-order chi connectivity index (χ1) is 17.5. The molecule has 1 aliphatic carbocycles. The number of ether oxygens (including phenoxy) is 1. The maximum absolute atomic E-state index is 15.0. The minimum atomic E-state index is -3.32. The highest BCUT2D eigenvalue weighted by Gasteiger charge is 2.48. The zero-order valence-corrected chi connectivity index (χ0v) is 19.9. The lowest BCUT2D eigenvalue weighted by molar-refractivity contribution is -0.126. The number of nitrogens with zero attached hydrogens (tertiary/aromatic N) is 3. The molecule has 37 heavy (non-hydrogen) atoms. The van der Waals surface area contributed by atoms with E-state index in [1.54, 1.807) is 30.3 Å². The third kappa shape index (κ3) is 6.63. The number of hydrogen-bond donors (Lipinski definition) is 3. The van der Waals surface area contributed by atoms with Gasteiger partial charge in [0.15, 0.2) is 5.60 Å². The van der Waals surface area contributed by atoms with Gasteiger partial charge in [-0.15, -0.1) is 0 Å². The molecule has 2 aliphatic heterocycles. The molecule has 2 fully saturated rings. The van der Waals surface area contributed by atoms with E-state index in [-0.39, 0.29) is 25.4 Å². The lowest BCUT2D eigenvalue weighted by Crippen LogP contribution is -2.58. The topological polar surface area (TPSA) is 153 Å². The van der Waals surface area contributed by atoms with Crippen molar-refractivity contribution in [1.82, 2.24) is 15.5 Å². The summed E-state index contributed by atoms with van der Waals surface area (Å²) >= 11 is 0. The summed E-state index contributed by atoms with van der Waals surface area (Å²) in [4.78, 5) is 43.6. The molecular formula is C24H27F2N5O6. The lowest BCUT2D eigenvalue weighted by atomic mass is 9.90. The number of benzene rings is 1. The second-order valence-electron chi connectivity index (χ2n) is 9.74. The van der Waals surface area contributed by atoms with Crippen LogP contribution in [0.3, 0.4) is 0 Å². The van der Waals surface area contributed by atoms with Gasteiger partial charge in [-0.1, -0.05) is 35.5 Å². The number of rotatable bonds is 7. The number of carboxylic acid groups (broad SMARTS) is 1. The minimum absolute atomic E-state index is 0.00824. The Labute approximate surface area is 211 Å². The summed E-state index contributed by atoms with van der Waals surface area (Å²) in [5.74, 6) is -4.32. The van der Waals surface area contributed by atoms with Crippen LogP contribution in [0.4, 0.5) is 18.4 Å². The van der Waals surface area contributed by atoms with Crippen LogP contribution in [0, 0.1) is 11.3 Å². The van der Waals surface area contributed by atoms with Gasteiger partial charge in [-0.05, 0) is 31.2 Å². The number of nitriles is 1. The van der Waals surface area contributed by atoms with Crippen molar-refractivity contribution in [1.29, 1.82) is 5.26 Å². The Kier molecular flexibility index (Phi) is 7.20. The van der Waals surface area contributed by atoms with Crippen LogP contribution in [0.15, 0.2) is 35.5 Å². The first-order valence-electron chi connectivity index (χ1n) is 11.9. The zero-order valence-electron chi connectivity index (χ0n) is 19.9. The highest BCUT2D eigenvalue weighted by molar-refractivity contribution is 5.89. The predicted octanol–water partition coefficient (Wildman–Crippen LogP) is 2.77. The quantitative estimate of drug-likeness (QED) is 0.468. The molecule has 1 unspecified atom stereocenters. The van der Waals surface area contributed by atoms with Crippen molar-refractivity contribution < 1.29 is 37.8 Å². The van der Waals surface area contributed by atoms with Gasteiger partial charge in [0.2, 0.25) is 11.8 Å². The summed E-state index contributed by atoms with van der Waals surface area (Å²) in [6.45, 7) is 0.259. The number of nitrogens with one attached hydrogen (secondary N) is 2. The van der Waals surface area contributed by atoms with Crippen molar-refractivity contribution in [3.8, 4) is 6.07 Å². The van der Waals surface area contributed by atoms with Crippen molar-refractivity contribution in [2.75, 3.05) is 13.1 Å². The summed E-state index contributed by atoms with van der Waals surface area (Å²) < 4.78 is 34.6. The molecule has 11 nitrogen and oxygen atoms in total. The molecule has 4 rings (SSSR count). The number of urea groups is 1. The Morgan fingerprint density at radius 1 is 1.27 bits per heavy atom. The van der Waals surface area contributed by atoms with Crippen LogP contribution >= 0.6 is 0 Å². The van der Waals surface area contributed by atoms with Crippen LogP contribution in [0.2, 0.25) is 0 Å².